The monoisotopic (exact) mass is 549 g/mol. The van der Waals surface area contributed by atoms with Crippen LogP contribution in [0.3, 0.4) is 0 Å². The number of carbonyl (C=O) groups excluding carboxylic acids is 1. The van der Waals surface area contributed by atoms with Gasteiger partial charge in [-0.3, -0.25) is 18.5 Å². The molecule has 1 aromatic heterocycles. The van der Waals surface area contributed by atoms with Gasteiger partial charge in [-0.1, -0.05) is 0 Å². The molecule has 0 saturated carbocycles. The van der Waals surface area contributed by atoms with Gasteiger partial charge >= 0.3 is 13.3 Å². The van der Waals surface area contributed by atoms with E-state index in [1.54, 1.807) is 0 Å². The van der Waals surface area contributed by atoms with E-state index in [1.165, 1.54) is 12.1 Å². The van der Waals surface area contributed by atoms with E-state index in [0.717, 1.165) is 0 Å². The van der Waals surface area contributed by atoms with Crippen molar-refractivity contribution in [2.45, 2.75) is 30.2 Å². The Morgan fingerprint density at radius 2 is 2.07 bits per heavy atom. The summed E-state index contributed by atoms with van der Waals surface area (Å²) in [4.78, 5) is 28.9. The lowest BCUT2D eigenvalue weighted by atomic mass is 10.1. The Bertz CT molecular complexity index is 1040. The van der Waals surface area contributed by atoms with Gasteiger partial charge < -0.3 is 20.3 Å². The molecule has 0 aliphatic carbocycles. The molecule has 2 heterocycles. The van der Waals surface area contributed by atoms with Gasteiger partial charge in [0.05, 0.1) is 16.6 Å². The lowest BCUT2D eigenvalue weighted by Crippen LogP contribution is -2.16. The van der Waals surface area contributed by atoms with Gasteiger partial charge in [-0.15, -0.1) is 11.3 Å². The van der Waals surface area contributed by atoms with Crippen LogP contribution in [-0.4, -0.2) is 42.4 Å². The molecule has 8 nitrogen and oxygen atoms in total. The topological polar surface area (TPSA) is 150 Å². The number of hydrogen-bond donors (Lipinski definition) is 5. The first-order valence-electron chi connectivity index (χ1n) is 8.63. The Morgan fingerprint density at radius 1 is 1.40 bits per heavy atom. The zero-order valence-electron chi connectivity index (χ0n) is 15.3. The van der Waals surface area contributed by atoms with E-state index >= 15 is 0 Å². The molecule has 1 fully saturated rings. The van der Waals surface area contributed by atoms with E-state index in [0.29, 0.717) is 36.4 Å². The fourth-order valence-corrected chi connectivity index (χ4v) is 8.14. The number of alkyl halides is 2. The molecular formula is C16H19BrF2NO7PS2. The molecule has 14 heteroatoms. The minimum absolute atomic E-state index is 0.0254. The average molecular weight is 550 g/mol. The first kappa shape index (κ1) is 23.9. The molecule has 1 amide bonds. The van der Waals surface area contributed by atoms with Crippen LogP contribution < -0.4 is 10.5 Å². The Labute approximate surface area is 184 Å². The molecule has 30 heavy (non-hydrogen) atoms. The van der Waals surface area contributed by atoms with Crippen molar-refractivity contribution in [3.8, 4) is 5.75 Å². The average Bonchev–Trinajstić information content (AvgIpc) is 3.13. The second-order valence-electron chi connectivity index (χ2n) is 6.87. The smallest absolute Gasteiger partial charge is 0.400 e. The van der Waals surface area contributed by atoms with Crippen LogP contribution in [0.1, 0.15) is 34.5 Å². The number of carbonyl (C=O) groups is 1. The van der Waals surface area contributed by atoms with Gasteiger partial charge in [0.25, 0.3) is 0 Å². The van der Waals surface area contributed by atoms with Crippen molar-refractivity contribution >= 4 is 61.4 Å². The molecule has 2 aromatic rings. The predicted octanol–water partition coefficient (Wildman–Crippen LogP) is 4.67. The van der Waals surface area contributed by atoms with Gasteiger partial charge in [0.2, 0.25) is 5.91 Å². The van der Waals surface area contributed by atoms with E-state index in [4.69, 9.17) is 20.3 Å². The maximum Gasteiger partial charge on any atom is 0.400 e. The van der Waals surface area contributed by atoms with Gasteiger partial charge in [0.1, 0.15) is 10.6 Å². The van der Waals surface area contributed by atoms with E-state index in [-0.39, 0.29) is 37.7 Å². The van der Waals surface area contributed by atoms with Crippen molar-refractivity contribution in [2.24, 2.45) is 5.73 Å². The summed E-state index contributed by atoms with van der Waals surface area (Å²) in [6.45, 7) is 0.0254. The number of rotatable bonds is 7. The molecule has 1 unspecified atom stereocenters. The van der Waals surface area contributed by atoms with E-state index < -0.39 is 34.6 Å². The van der Waals surface area contributed by atoms with Crippen LogP contribution in [0.15, 0.2) is 16.6 Å². The van der Waals surface area contributed by atoms with Crippen molar-refractivity contribution in [1.82, 2.24) is 0 Å². The van der Waals surface area contributed by atoms with E-state index in [1.807, 2.05) is 0 Å². The summed E-state index contributed by atoms with van der Waals surface area (Å²) in [7, 11) is -8.50. The first-order chi connectivity index (χ1) is 13.8. The van der Waals surface area contributed by atoms with Crippen molar-refractivity contribution in [2.75, 3.05) is 12.4 Å². The van der Waals surface area contributed by atoms with Gasteiger partial charge in [-0.2, -0.15) is 19.4 Å². The van der Waals surface area contributed by atoms with Gasteiger partial charge in [-0.05, 0) is 40.9 Å². The number of ether oxygens (including phenoxy) is 1. The SMILES string of the molecule is NC(=O)c1cc(OCCC2CCCS2(O)O)c2sc(C(F)(F)P(=O)(O)O)c(Br)c2c1. The van der Waals surface area contributed by atoms with Crippen LogP contribution in [0.25, 0.3) is 10.1 Å². The third-order valence-corrected chi connectivity index (χ3v) is 10.7. The number of hydrogen-bond acceptors (Lipinski definition) is 6. The highest BCUT2D eigenvalue weighted by Gasteiger charge is 2.53. The lowest BCUT2D eigenvalue weighted by Gasteiger charge is -2.33. The highest BCUT2D eigenvalue weighted by atomic mass is 79.9. The molecule has 0 bridgehead atoms. The normalized spacial score (nSPS) is 20.4. The standard InChI is InChI=1S/C16H19BrF2NO7PS2/c17-12-10-6-8(15(20)21)7-11(27-4-3-9-2-1-5-30(9,25)26)13(10)29-14(12)16(18,19)28(22,23)24/h6-7,9,25-26H,1-5H2,(H2,20,21)(H2,22,23,24). The largest absolute Gasteiger partial charge is 0.492 e. The fourth-order valence-electron chi connectivity index (χ4n) is 3.23. The predicted molar refractivity (Wildman–Crippen MR) is 115 cm³/mol. The minimum atomic E-state index is -5.81. The molecule has 1 atom stereocenters. The van der Waals surface area contributed by atoms with Gasteiger partial charge in [0, 0.05) is 27.6 Å². The minimum Gasteiger partial charge on any atom is -0.492 e. The van der Waals surface area contributed by atoms with Gasteiger partial charge in [-0.25, -0.2) is 0 Å². The zero-order chi connectivity index (χ0) is 22.5. The number of benzene rings is 1. The van der Waals surface area contributed by atoms with Crippen LogP contribution >= 0.6 is 45.5 Å². The molecule has 1 aliphatic rings. The van der Waals surface area contributed by atoms with Crippen LogP contribution in [0, 0.1) is 0 Å². The van der Waals surface area contributed by atoms with Crippen molar-refractivity contribution in [3.63, 3.8) is 0 Å². The number of amides is 1. The Hall–Kier alpha value is -0.790. The Kier molecular flexibility index (Phi) is 6.59. The Balaban J connectivity index is 1.99. The van der Waals surface area contributed by atoms with Crippen LogP contribution in [0.5, 0.6) is 5.75 Å². The molecular weight excluding hydrogens is 531 g/mol. The van der Waals surface area contributed by atoms with Crippen molar-refractivity contribution in [1.29, 1.82) is 0 Å². The number of primary amides is 1. The van der Waals surface area contributed by atoms with Crippen LogP contribution in [0.4, 0.5) is 8.78 Å². The fraction of sp³-hybridized carbons (Fsp3) is 0.438. The van der Waals surface area contributed by atoms with E-state index in [2.05, 4.69) is 15.9 Å². The number of fused-ring (bicyclic) bond motifs is 1. The Morgan fingerprint density at radius 3 is 2.60 bits per heavy atom. The summed E-state index contributed by atoms with van der Waals surface area (Å²) in [6.07, 6.45) is 1.63. The second kappa shape index (κ2) is 8.28. The molecule has 1 saturated heterocycles. The molecule has 1 aliphatic heterocycles. The lowest BCUT2D eigenvalue weighted by molar-refractivity contribution is 0.0595. The van der Waals surface area contributed by atoms with Crippen LogP contribution in [-0.2, 0) is 10.2 Å². The molecule has 6 N–H and O–H groups in total. The third kappa shape index (κ3) is 4.40. The molecule has 1 aromatic carbocycles. The first-order valence-corrected chi connectivity index (χ1v) is 13.6. The molecule has 3 rings (SSSR count). The number of thiophene rings is 1. The number of halogens is 3. The summed E-state index contributed by atoms with van der Waals surface area (Å²) in [5, 5.41) is -0.239. The van der Waals surface area contributed by atoms with Crippen molar-refractivity contribution in [3.05, 3.63) is 27.0 Å². The third-order valence-electron chi connectivity index (χ3n) is 4.82. The van der Waals surface area contributed by atoms with E-state index in [9.17, 15) is 27.2 Å². The molecule has 0 spiro atoms. The zero-order valence-corrected chi connectivity index (χ0v) is 19.4. The summed E-state index contributed by atoms with van der Waals surface area (Å²) in [5.74, 6) is -0.472. The highest BCUT2D eigenvalue weighted by molar-refractivity contribution is 9.10. The maximum absolute atomic E-state index is 14.3. The molecule has 168 valence electrons. The van der Waals surface area contributed by atoms with Crippen molar-refractivity contribution < 1.29 is 41.8 Å². The summed E-state index contributed by atoms with van der Waals surface area (Å²) in [6, 6.07) is 2.50. The maximum atomic E-state index is 14.3. The quantitative estimate of drug-likeness (QED) is 0.315. The van der Waals surface area contributed by atoms with Crippen LogP contribution in [0.2, 0.25) is 0 Å². The summed E-state index contributed by atoms with van der Waals surface area (Å²) >= 11 is 3.38. The summed E-state index contributed by atoms with van der Waals surface area (Å²) < 4.78 is 65.5. The highest BCUT2D eigenvalue weighted by Crippen LogP contribution is 2.63. The molecule has 0 radical (unpaired) electrons. The van der Waals surface area contributed by atoms with Gasteiger partial charge in [0.15, 0.2) is 0 Å². The number of nitrogens with two attached hydrogens (primary N) is 1. The summed E-state index contributed by atoms with van der Waals surface area (Å²) in [5.41, 5.74) is 0.828. The second-order valence-corrected chi connectivity index (χ2v) is 12.8.